The number of carbonyl (C=O) groups is 1. The third-order valence-corrected chi connectivity index (χ3v) is 3.88. The lowest BCUT2D eigenvalue weighted by atomic mass is 10.1. The second kappa shape index (κ2) is 7.70. The van der Waals surface area contributed by atoms with E-state index in [4.69, 9.17) is 0 Å². The number of hydrogen-bond acceptors (Lipinski definition) is 3. The van der Waals surface area contributed by atoms with E-state index >= 15 is 0 Å². The molecule has 7 heteroatoms. The fourth-order valence-corrected chi connectivity index (χ4v) is 2.43. The highest BCUT2D eigenvalue weighted by Crippen LogP contribution is 2.33. The molecule has 1 unspecified atom stereocenters. The number of thioether (sulfide) groups is 1. The van der Waals surface area contributed by atoms with Crippen molar-refractivity contribution in [2.45, 2.75) is 24.9 Å². The predicted octanol–water partition coefficient (Wildman–Crippen LogP) is 3.44. The number of benzene rings is 1. The molecule has 0 aliphatic rings. The SMILES string of the molecule is CNCC(C)C(=O)Nc1cc(C)ccc1SCC(F)(F)F. The summed E-state index contributed by atoms with van der Waals surface area (Å²) in [7, 11) is 1.74. The fraction of sp³-hybridized carbons (Fsp3) is 0.500. The molecule has 0 saturated heterocycles. The molecule has 1 aromatic rings. The minimum atomic E-state index is -4.24. The second-order valence-electron chi connectivity index (χ2n) is 4.85. The van der Waals surface area contributed by atoms with Crippen LogP contribution in [-0.2, 0) is 4.79 Å². The minimum absolute atomic E-state index is 0.219. The monoisotopic (exact) mass is 320 g/mol. The molecular weight excluding hydrogens is 301 g/mol. The van der Waals surface area contributed by atoms with Crippen molar-refractivity contribution in [3.05, 3.63) is 23.8 Å². The van der Waals surface area contributed by atoms with Gasteiger partial charge in [0.05, 0.1) is 11.4 Å². The van der Waals surface area contributed by atoms with E-state index in [0.29, 0.717) is 28.9 Å². The molecule has 0 fully saturated rings. The molecular formula is C14H19F3N2OS. The van der Waals surface area contributed by atoms with Gasteiger partial charge < -0.3 is 10.6 Å². The Hall–Kier alpha value is -1.21. The van der Waals surface area contributed by atoms with Gasteiger partial charge >= 0.3 is 6.18 Å². The Kier molecular flexibility index (Phi) is 6.54. The first-order valence-corrected chi connectivity index (χ1v) is 7.47. The molecule has 118 valence electrons. The van der Waals surface area contributed by atoms with E-state index < -0.39 is 11.9 Å². The molecule has 0 aliphatic carbocycles. The summed E-state index contributed by atoms with van der Waals surface area (Å²) in [6.07, 6.45) is -4.24. The number of nitrogens with one attached hydrogen (secondary N) is 2. The summed E-state index contributed by atoms with van der Waals surface area (Å²) in [5.74, 6) is -1.47. The summed E-state index contributed by atoms with van der Waals surface area (Å²) in [6.45, 7) is 4.08. The number of amides is 1. The van der Waals surface area contributed by atoms with Gasteiger partial charge in [-0.1, -0.05) is 13.0 Å². The molecule has 21 heavy (non-hydrogen) atoms. The lowest BCUT2D eigenvalue weighted by Gasteiger charge is -2.15. The number of hydrogen-bond donors (Lipinski definition) is 2. The molecule has 1 atom stereocenters. The normalized spacial score (nSPS) is 13.0. The molecule has 0 aliphatic heterocycles. The quantitative estimate of drug-likeness (QED) is 0.789. The fourth-order valence-electron chi connectivity index (χ4n) is 1.68. The van der Waals surface area contributed by atoms with Gasteiger partial charge in [0, 0.05) is 17.4 Å². The molecule has 0 saturated carbocycles. The van der Waals surface area contributed by atoms with Crippen LogP contribution in [0.4, 0.5) is 18.9 Å². The lowest BCUT2D eigenvalue weighted by molar-refractivity contribution is -0.119. The van der Waals surface area contributed by atoms with Crippen LogP contribution in [0.15, 0.2) is 23.1 Å². The van der Waals surface area contributed by atoms with E-state index in [-0.39, 0.29) is 11.8 Å². The maximum absolute atomic E-state index is 12.3. The van der Waals surface area contributed by atoms with Crippen molar-refractivity contribution in [3.63, 3.8) is 0 Å². The van der Waals surface area contributed by atoms with Gasteiger partial charge in [0.15, 0.2) is 0 Å². The van der Waals surface area contributed by atoms with E-state index in [1.807, 2.05) is 6.92 Å². The molecule has 0 heterocycles. The Morgan fingerprint density at radius 3 is 2.62 bits per heavy atom. The van der Waals surface area contributed by atoms with Crippen molar-refractivity contribution < 1.29 is 18.0 Å². The van der Waals surface area contributed by atoms with Crippen LogP contribution in [0.3, 0.4) is 0 Å². The van der Waals surface area contributed by atoms with Crippen molar-refractivity contribution >= 4 is 23.4 Å². The third kappa shape index (κ3) is 6.39. The first-order valence-electron chi connectivity index (χ1n) is 6.48. The van der Waals surface area contributed by atoms with E-state index in [1.54, 1.807) is 32.2 Å². The van der Waals surface area contributed by atoms with Gasteiger partial charge in [-0.25, -0.2) is 0 Å². The van der Waals surface area contributed by atoms with Crippen molar-refractivity contribution in [2.24, 2.45) is 5.92 Å². The Balaban J connectivity index is 2.84. The van der Waals surface area contributed by atoms with Crippen LogP contribution in [0.2, 0.25) is 0 Å². The van der Waals surface area contributed by atoms with Crippen molar-refractivity contribution in [3.8, 4) is 0 Å². The molecule has 1 aromatic carbocycles. The lowest BCUT2D eigenvalue weighted by Crippen LogP contribution is -2.28. The van der Waals surface area contributed by atoms with Crippen LogP contribution in [0, 0.1) is 12.8 Å². The zero-order chi connectivity index (χ0) is 16.0. The van der Waals surface area contributed by atoms with Gasteiger partial charge in [-0.15, -0.1) is 11.8 Å². The van der Waals surface area contributed by atoms with Crippen LogP contribution in [0.1, 0.15) is 12.5 Å². The average molecular weight is 320 g/mol. The van der Waals surface area contributed by atoms with Crippen LogP contribution in [-0.4, -0.2) is 31.4 Å². The maximum Gasteiger partial charge on any atom is 0.398 e. The Morgan fingerprint density at radius 2 is 2.05 bits per heavy atom. The first kappa shape index (κ1) is 17.8. The van der Waals surface area contributed by atoms with E-state index in [9.17, 15) is 18.0 Å². The topological polar surface area (TPSA) is 41.1 Å². The van der Waals surface area contributed by atoms with E-state index in [0.717, 1.165) is 5.56 Å². The van der Waals surface area contributed by atoms with Gasteiger partial charge in [0.2, 0.25) is 5.91 Å². The van der Waals surface area contributed by atoms with Crippen LogP contribution >= 0.6 is 11.8 Å². The Labute approximate surface area is 126 Å². The predicted molar refractivity (Wildman–Crippen MR) is 79.7 cm³/mol. The minimum Gasteiger partial charge on any atom is -0.325 e. The molecule has 2 N–H and O–H groups in total. The Bertz CT molecular complexity index is 492. The van der Waals surface area contributed by atoms with Gasteiger partial charge in [-0.2, -0.15) is 13.2 Å². The summed E-state index contributed by atoms with van der Waals surface area (Å²) in [6, 6.07) is 5.01. The largest absolute Gasteiger partial charge is 0.398 e. The number of anilines is 1. The number of aryl methyl sites for hydroxylation is 1. The maximum atomic E-state index is 12.3. The highest BCUT2D eigenvalue weighted by molar-refractivity contribution is 7.99. The van der Waals surface area contributed by atoms with E-state index in [2.05, 4.69) is 10.6 Å². The molecule has 0 bridgehead atoms. The highest BCUT2D eigenvalue weighted by atomic mass is 32.2. The van der Waals surface area contributed by atoms with Crippen molar-refractivity contribution in [2.75, 3.05) is 24.7 Å². The van der Waals surface area contributed by atoms with Gasteiger partial charge in [-0.3, -0.25) is 4.79 Å². The number of rotatable bonds is 6. The zero-order valence-electron chi connectivity index (χ0n) is 12.2. The molecule has 1 rings (SSSR count). The first-order chi connectivity index (χ1) is 9.73. The summed E-state index contributed by atoms with van der Waals surface area (Å²) in [5.41, 5.74) is 1.31. The van der Waals surface area contributed by atoms with Gasteiger partial charge in [0.25, 0.3) is 0 Å². The smallest absolute Gasteiger partial charge is 0.325 e. The number of carbonyl (C=O) groups excluding carboxylic acids is 1. The highest BCUT2D eigenvalue weighted by Gasteiger charge is 2.28. The van der Waals surface area contributed by atoms with Crippen LogP contribution in [0.25, 0.3) is 0 Å². The van der Waals surface area contributed by atoms with Crippen LogP contribution in [0.5, 0.6) is 0 Å². The number of alkyl halides is 3. The zero-order valence-corrected chi connectivity index (χ0v) is 13.0. The van der Waals surface area contributed by atoms with Crippen molar-refractivity contribution in [1.29, 1.82) is 0 Å². The summed E-state index contributed by atoms with van der Waals surface area (Å²) < 4.78 is 37.0. The standard InChI is InChI=1S/C14H19F3N2OS/c1-9-4-5-12(21-8-14(15,16)17)11(6-9)19-13(20)10(2)7-18-3/h4-6,10,18H,7-8H2,1-3H3,(H,19,20). The summed E-state index contributed by atoms with van der Waals surface area (Å²) in [4.78, 5) is 12.4. The third-order valence-electron chi connectivity index (χ3n) is 2.74. The molecule has 3 nitrogen and oxygen atoms in total. The number of halogens is 3. The molecule has 0 aromatic heterocycles. The Morgan fingerprint density at radius 1 is 1.38 bits per heavy atom. The molecule has 0 spiro atoms. The average Bonchev–Trinajstić information content (AvgIpc) is 2.37. The second-order valence-corrected chi connectivity index (χ2v) is 5.87. The summed E-state index contributed by atoms with van der Waals surface area (Å²) >= 11 is 0.674. The molecule has 0 radical (unpaired) electrons. The van der Waals surface area contributed by atoms with E-state index in [1.165, 1.54) is 0 Å². The van der Waals surface area contributed by atoms with Crippen molar-refractivity contribution in [1.82, 2.24) is 5.32 Å². The van der Waals surface area contributed by atoms with Gasteiger partial charge in [-0.05, 0) is 31.7 Å². The van der Waals surface area contributed by atoms with Crippen LogP contribution < -0.4 is 10.6 Å². The summed E-state index contributed by atoms with van der Waals surface area (Å²) in [5, 5.41) is 5.60. The molecule has 1 amide bonds. The van der Waals surface area contributed by atoms with Gasteiger partial charge in [0.1, 0.15) is 0 Å².